The van der Waals surface area contributed by atoms with Gasteiger partial charge in [0.1, 0.15) is 0 Å². The van der Waals surface area contributed by atoms with Gasteiger partial charge in [0.15, 0.2) is 5.13 Å². The van der Waals surface area contributed by atoms with Gasteiger partial charge >= 0.3 is 5.97 Å². The van der Waals surface area contributed by atoms with E-state index in [1.54, 1.807) is 0 Å². The van der Waals surface area contributed by atoms with Crippen LogP contribution in [0.2, 0.25) is 0 Å². The van der Waals surface area contributed by atoms with Crippen LogP contribution in [-0.2, 0) is 11.2 Å². The molecule has 0 aliphatic carbocycles. The van der Waals surface area contributed by atoms with Crippen LogP contribution in [0, 0.1) is 20.8 Å². The van der Waals surface area contributed by atoms with Gasteiger partial charge in [-0.15, -0.1) is 11.3 Å². The van der Waals surface area contributed by atoms with Gasteiger partial charge in [-0.2, -0.15) is 0 Å². The quantitative estimate of drug-likeness (QED) is 0.898. The zero-order valence-corrected chi connectivity index (χ0v) is 12.0. The van der Waals surface area contributed by atoms with Crippen molar-refractivity contribution in [3.63, 3.8) is 0 Å². The van der Waals surface area contributed by atoms with Crippen molar-refractivity contribution in [1.82, 2.24) is 4.98 Å². The summed E-state index contributed by atoms with van der Waals surface area (Å²) in [6.45, 7) is 5.95. The van der Waals surface area contributed by atoms with Crippen LogP contribution in [0.1, 0.15) is 21.7 Å². The molecule has 1 aromatic heterocycles. The summed E-state index contributed by atoms with van der Waals surface area (Å²) in [5.41, 5.74) is 4.18. The van der Waals surface area contributed by atoms with Gasteiger partial charge in [0.25, 0.3) is 0 Å². The summed E-state index contributed by atoms with van der Waals surface area (Å²) in [5.74, 6) is -0.829. The monoisotopic (exact) mass is 276 g/mol. The topological polar surface area (TPSA) is 62.2 Å². The molecule has 0 aliphatic heterocycles. The number of carbonyl (C=O) groups is 1. The fourth-order valence-corrected chi connectivity index (χ4v) is 2.75. The Morgan fingerprint density at radius 2 is 2.11 bits per heavy atom. The minimum Gasteiger partial charge on any atom is -0.481 e. The van der Waals surface area contributed by atoms with E-state index in [1.165, 1.54) is 22.5 Å². The van der Waals surface area contributed by atoms with Crippen molar-refractivity contribution >= 4 is 28.1 Å². The van der Waals surface area contributed by atoms with E-state index in [1.807, 2.05) is 19.1 Å². The predicted molar refractivity (Wildman–Crippen MR) is 77.4 cm³/mol. The van der Waals surface area contributed by atoms with Crippen LogP contribution in [0.15, 0.2) is 18.2 Å². The van der Waals surface area contributed by atoms with Gasteiger partial charge < -0.3 is 10.4 Å². The van der Waals surface area contributed by atoms with E-state index < -0.39 is 5.97 Å². The molecule has 0 amide bonds. The number of benzene rings is 1. The summed E-state index contributed by atoms with van der Waals surface area (Å²) >= 11 is 1.39. The molecule has 0 unspecified atom stereocenters. The van der Waals surface area contributed by atoms with E-state index in [0.29, 0.717) is 0 Å². The maximum atomic E-state index is 10.7. The molecule has 0 saturated carbocycles. The minimum atomic E-state index is -0.829. The third-order valence-electron chi connectivity index (χ3n) is 3.05. The lowest BCUT2D eigenvalue weighted by Crippen LogP contribution is -1.99. The van der Waals surface area contributed by atoms with Gasteiger partial charge in [0.05, 0.1) is 12.1 Å². The highest BCUT2D eigenvalue weighted by Gasteiger charge is 2.11. The SMILES string of the molecule is Cc1cccc(Nc2nc(C)c(CC(=O)O)s2)c1C. The third-order valence-corrected chi connectivity index (χ3v) is 4.12. The van der Waals surface area contributed by atoms with E-state index in [0.717, 1.165) is 21.4 Å². The molecule has 0 bridgehead atoms. The molecule has 0 radical (unpaired) electrons. The lowest BCUT2D eigenvalue weighted by Gasteiger charge is -2.08. The zero-order chi connectivity index (χ0) is 14.0. The van der Waals surface area contributed by atoms with Crippen molar-refractivity contribution in [1.29, 1.82) is 0 Å². The molecular formula is C14H16N2O2S. The second-order valence-corrected chi connectivity index (χ2v) is 5.55. The number of rotatable bonds is 4. The second-order valence-electron chi connectivity index (χ2n) is 4.47. The molecule has 0 spiro atoms. The number of aryl methyl sites for hydroxylation is 2. The Balaban J connectivity index is 2.24. The number of carboxylic acid groups (broad SMARTS) is 1. The number of nitrogens with zero attached hydrogens (tertiary/aromatic N) is 1. The Morgan fingerprint density at radius 1 is 1.37 bits per heavy atom. The average Bonchev–Trinajstić information content (AvgIpc) is 2.65. The molecule has 2 rings (SSSR count). The maximum Gasteiger partial charge on any atom is 0.308 e. The van der Waals surface area contributed by atoms with Gasteiger partial charge in [-0.05, 0) is 38.0 Å². The molecule has 4 nitrogen and oxygen atoms in total. The molecule has 0 aliphatic rings. The minimum absolute atomic E-state index is 0.0258. The molecule has 0 atom stereocenters. The number of carboxylic acids is 1. The number of anilines is 2. The largest absolute Gasteiger partial charge is 0.481 e. The highest BCUT2D eigenvalue weighted by molar-refractivity contribution is 7.15. The van der Waals surface area contributed by atoms with Gasteiger partial charge in [0, 0.05) is 10.6 Å². The van der Waals surface area contributed by atoms with Crippen molar-refractivity contribution < 1.29 is 9.90 Å². The van der Waals surface area contributed by atoms with Crippen LogP contribution in [0.3, 0.4) is 0 Å². The summed E-state index contributed by atoms with van der Waals surface area (Å²) in [7, 11) is 0. The molecular weight excluding hydrogens is 260 g/mol. The van der Waals surface area contributed by atoms with Crippen molar-refractivity contribution in [2.45, 2.75) is 27.2 Å². The molecule has 100 valence electrons. The van der Waals surface area contributed by atoms with Crippen LogP contribution in [-0.4, -0.2) is 16.1 Å². The normalized spacial score (nSPS) is 10.5. The molecule has 0 fully saturated rings. The summed E-state index contributed by atoms with van der Waals surface area (Å²) in [6.07, 6.45) is 0.0258. The number of aliphatic carboxylic acids is 1. The molecule has 0 saturated heterocycles. The van der Waals surface area contributed by atoms with E-state index in [9.17, 15) is 4.79 Å². The Morgan fingerprint density at radius 3 is 2.79 bits per heavy atom. The zero-order valence-electron chi connectivity index (χ0n) is 11.2. The first-order valence-corrected chi connectivity index (χ1v) is 6.80. The lowest BCUT2D eigenvalue weighted by molar-refractivity contribution is -0.136. The van der Waals surface area contributed by atoms with E-state index in [4.69, 9.17) is 5.11 Å². The summed E-state index contributed by atoms with van der Waals surface area (Å²) < 4.78 is 0. The second kappa shape index (κ2) is 5.40. The molecule has 5 heteroatoms. The molecule has 2 aromatic rings. The van der Waals surface area contributed by atoms with Gasteiger partial charge in [0.2, 0.25) is 0 Å². The Kier molecular flexibility index (Phi) is 3.85. The van der Waals surface area contributed by atoms with Crippen LogP contribution >= 0.6 is 11.3 Å². The molecule has 19 heavy (non-hydrogen) atoms. The first-order valence-electron chi connectivity index (χ1n) is 5.98. The fraction of sp³-hybridized carbons (Fsp3) is 0.286. The predicted octanol–water partition coefficient (Wildman–Crippen LogP) is 3.44. The van der Waals surface area contributed by atoms with Crippen LogP contribution < -0.4 is 5.32 Å². The van der Waals surface area contributed by atoms with Gasteiger partial charge in [-0.3, -0.25) is 4.79 Å². The maximum absolute atomic E-state index is 10.7. The number of hydrogen-bond donors (Lipinski definition) is 2. The fourth-order valence-electron chi connectivity index (χ4n) is 1.78. The molecule has 2 N–H and O–H groups in total. The number of aromatic nitrogens is 1. The third kappa shape index (κ3) is 3.12. The van der Waals surface area contributed by atoms with E-state index in [2.05, 4.69) is 30.2 Å². The average molecular weight is 276 g/mol. The summed E-state index contributed by atoms with van der Waals surface area (Å²) in [6, 6.07) is 6.04. The van der Waals surface area contributed by atoms with Crippen molar-refractivity contribution in [3.8, 4) is 0 Å². The van der Waals surface area contributed by atoms with Gasteiger partial charge in [-0.25, -0.2) is 4.98 Å². The first kappa shape index (κ1) is 13.5. The number of hydrogen-bond acceptors (Lipinski definition) is 4. The summed E-state index contributed by atoms with van der Waals surface area (Å²) in [4.78, 5) is 15.9. The molecule has 1 aromatic carbocycles. The Bertz CT molecular complexity index is 620. The van der Waals surface area contributed by atoms with Crippen LogP contribution in [0.4, 0.5) is 10.8 Å². The van der Waals surface area contributed by atoms with E-state index in [-0.39, 0.29) is 6.42 Å². The van der Waals surface area contributed by atoms with Crippen LogP contribution in [0.5, 0.6) is 0 Å². The molecule has 1 heterocycles. The Labute approximate surface area is 116 Å². The highest BCUT2D eigenvalue weighted by Crippen LogP contribution is 2.28. The highest BCUT2D eigenvalue weighted by atomic mass is 32.1. The van der Waals surface area contributed by atoms with Crippen molar-refractivity contribution in [2.75, 3.05) is 5.32 Å². The standard InChI is InChI=1S/C14H16N2O2S/c1-8-5-4-6-11(9(8)2)16-14-15-10(3)12(19-14)7-13(17)18/h4-6H,7H2,1-3H3,(H,15,16)(H,17,18). The first-order chi connectivity index (χ1) is 8.97. The smallest absolute Gasteiger partial charge is 0.308 e. The van der Waals surface area contributed by atoms with Crippen molar-refractivity contribution in [3.05, 3.63) is 39.9 Å². The number of nitrogens with one attached hydrogen (secondary N) is 1. The van der Waals surface area contributed by atoms with E-state index >= 15 is 0 Å². The summed E-state index contributed by atoms with van der Waals surface area (Å²) in [5, 5.41) is 12.8. The lowest BCUT2D eigenvalue weighted by atomic mass is 10.1. The van der Waals surface area contributed by atoms with Crippen LogP contribution in [0.25, 0.3) is 0 Å². The Hall–Kier alpha value is -1.88. The van der Waals surface area contributed by atoms with Crippen molar-refractivity contribution in [2.24, 2.45) is 0 Å². The number of thiazole rings is 1. The van der Waals surface area contributed by atoms with Gasteiger partial charge in [-0.1, -0.05) is 12.1 Å².